The van der Waals surface area contributed by atoms with E-state index in [1.54, 1.807) is 41.9 Å². The zero-order valence-electron chi connectivity index (χ0n) is 10.5. The Balaban J connectivity index is 1.84. The number of hydrogen-bond donors (Lipinski definition) is 1. The lowest BCUT2D eigenvalue weighted by molar-refractivity contribution is 0.572. The van der Waals surface area contributed by atoms with Crippen molar-refractivity contribution in [3.8, 4) is 11.3 Å². The Labute approximate surface area is 133 Å². The smallest absolute Gasteiger partial charge is 0.272 e. The molecule has 0 aliphatic heterocycles. The number of benzene rings is 1. The van der Waals surface area contributed by atoms with Crippen LogP contribution in [0.15, 0.2) is 61.4 Å². The molecule has 3 rings (SSSR count). The molecule has 0 radical (unpaired) electrons. The van der Waals surface area contributed by atoms with E-state index in [1.165, 1.54) is 6.39 Å². The number of anilines is 1. The van der Waals surface area contributed by atoms with Crippen molar-refractivity contribution in [2.45, 2.75) is 4.21 Å². The number of oxazole rings is 1. The highest BCUT2D eigenvalue weighted by Gasteiger charge is 2.19. The van der Waals surface area contributed by atoms with Gasteiger partial charge in [-0.1, -0.05) is 0 Å². The molecule has 0 bridgehead atoms. The van der Waals surface area contributed by atoms with Crippen molar-refractivity contribution in [1.29, 1.82) is 0 Å². The van der Waals surface area contributed by atoms with E-state index in [0.717, 1.165) is 16.9 Å². The van der Waals surface area contributed by atoms with E-state index in [4.69, 9.17) is 4.42 Å². The zero-order valence-corrected chi connectivity index (χ0v) is 13.7. The van der Waals surface area contributed by atoms with Gasteiger partial charge in [0, 0.05) is 15.7 Å². The summed E-state index contributed by atoms with van der Waals surface area (Å²) in [6.07, 6.45) is 2.95. The standard InChI is InChI=1S/C13H9BrN2O3S2/c14-11-5-6-20-13(11)21(17,18)16-10-3-1-9(2-4-10)12-7-15-8-19-12/h1-8,16H. The average Bonchev–Trinajstić information content (AvgIpc) is 3.10. The summed E-state index contributed by atoms with van der Waals surface area (Å²) in [5, 5.41) is 1.71. The molecule has 21 heavy (non-hydrogen) atoms. The largest absolute Gasteiger partial charge is 0.444 e. The molecule has 1 N–H and O–H groups in total. The van der Waals surface area contributed by atoms with Crippen LogP contribution < -0.4 is 4.72 Å². The molecule has 0 saturated carbocycles. The molecule has 0 spiro atoms. The molecule has 0 saturated heterocycles. The minimum atomic E-state index is -3.58. The van der Waals surface area contributed by atoms with Gasteiger partial charge in [-0.2, -0.15) is 0 Å². The monoisotopic (exact) mass is 384 g/mol. The van der Waals surface area contributed by atoms with E-state index in [1.807, 2.05) is 0 Å². The molecular formula is C13H9BrN2O3S2. The Bertz CT molecular complexity index is 840. The molecule has 0 unspecified atom stereocenters. The fourth-order valence-corrected chi connectivity index (χ4v) is 5.13. The van der Waals surface area contributed by atoms with Crippen molar-refractivity contribution >= 4 is 43.0 Å². The van der Waals surface area contributed by atoms with E-state index >= 15 is 0 Å². The second-order valence-electron chi connectivity index (χ2n) is 4.10. The van der Waals surface area contributed by atoms with Crippen molar-refractivity contribution < 1.29 is 12.8 Å². The Morgan fingerprint density at radius 1 is 1.19 bits per heavy atom. The van der Waals surface area contributed by atoms with Crippen LogP contribution in [0.25, 0.3) is 11.3 Å². The molecule has 5 nitrogen and oxygen atoms in total. The van der Waals surface area contributed by atoms with Crippen molar-refractivity contribution in [3.63, 3.8) is 0 Å². The molecule has 1 aromatic carbocycles. The third-order valence-corrected chi connectivity index (χ3v) is 6.73. The normalized spacial score (nSPS) is 11.5. The van der Waals surface area contributed by atoms with Gasteiger partial charge >= 0.3 is 0 Å². The Morgan fingerprint density at radius 2 is 1.95 bits per heavy atom. The number of hydrogen-bond acceptors (Lipinski definition) is 5. The Morgan fingerprint density at radius 3 is 2.52 bits per heavy atom. The van der Waals surface area contributed by atoms with Gasteiger partial charge in [0.05, 0.1) is 6.20 Å². The van der Waals surface area contributed by atoms with Gasteiger partial charge in [0.15, 0.2) is 16.4 Å². The minimum Gasteiger partial charge on any atom is -0.444 e. The van der Waals surface area contributed by atoms with Gasteiger partial charge < -0.3 is 4.42 Å². The van der Waals surface area contributed by atoms with Crippen molar-refractivity contribution in [2.24, 2.45) is 0 Å². The molecule has 0 aliphatic rings. The lowest BCUT2D eigenvalue weighted by Gasteiger charge is -2.07. The molecule has 0 aliphatic carbocycles. The maximum absolute atomic E-state index is 12.2. The van der Waals surface area contributed by atoms with Gasteiger partial charge in [-0.25, -0.2) is 13.4 Å². The molecular weight excluding hydrogens is 376 g/mol. The molecule has 3 aromatic rings. The number of nitrogens with zero attached hydrogens (tertiary/aromatic N) is 1. The van der Waals surface area contributed by atoms with Crippen LogP contribution in [0.5, 0.6) is 0 Å². The van der Waals surface area contributed by atoms with Crippen molar-refractivity contribution in [1.82, 2.24) is 4.98 Å². The minimum absolute atomic E-state index is 0.252. The third-order valence-electron chi connectivity index (χ3n) is 2.68. The zero-order chi connectivity index (χ0) is 14.9. The molecule has 108 valence electrons. The second kappa shape index (κ2) is 5.63. The SMILES string of the molecule is O=S(=O)(Nc1ccc(-c2cnco2)cc1)c1sccc1Br. The van der Waals surface area contributed by atoms with E-state index in [-0.39, 0.29) is 4.21 Å². The van der Waals surface area contributed by atoms with Crippen molar-refractivity contribution in [3.05, 3.63) is 52.8 Å². The van der Waals surface area contributed by atoms with Crippen LogP contribution in [0, 0.1) is 0 Å². The lowest BCUT2D eigenvalue weighted by atomic mass is 10.2. The summed E-state index contributed by atoms with van der Waals surface area (Å²) in [4.78, 5) is 3.84. The third kappa shape index (κ3) is 3.02. The number of sulfonamides is 1. The Hall–Kier alpha value is -1.64. The molecule has 0 amide bonds. The summed E-state index contributed by atoms with van der Waals surface area (Å²) in [6.45, 7) is 0. The summed E-state index contributed by atoms with van der Waals surface area (Å²) >= 11 is 4.38. The van der Waals surface area contributed by atoms with E-state index in [0.29, 0.717) is 15.9 Å². The lowest BCUT2D eigenvalue weighted by Crippen LogP contribution is -2.11. The summed E-state index contributed by atoms with van der Waals surface area (Å²) < 4.78 is 33.0. The Kier molecular flexibility index (Phi) is 3.83. The maximum Gasteiger partial charge on any atom is 0.272 e. The first kappa shape index (κ1) is 14.3. The van der Waals surface area contributed by atoms with E-state index < -0.39 is 10.0 Å². The number of thiophene rings is 1. The van der Waals surface area contributed by atoms with Crippen LogP contribution in [0.3, 0.4) is 0 Å². The van der Waals surface area contributed by atoms with E-state index in [2.05, 4.69) is 25.6 Å². The fourth-order valence-electron chi connectivity index (χ4n) is 1.73. The van der Waals surface area contributed by atoms with Crippen LogP contribution >= 0.6 is 27.3 Å². The number of rotatable bonds is 4. The van der Waals surface area contributed by atoms with Crippen LogP contribution in [-0.4, -0.2) is 13.4 Å². The quantitative estimate of drug-likeness (QED) is 0.738. The van der Waals surface area contributed by atoms with Gasteiger partial charge in [0.1, 0.15) is 0 Å². The molecule has 0 fully saturated rings. The fraction of sp³-hybridized carbons (Fsp3) is 0. The maximum atomic E-state index is 12.2. The highest BCUT2D eigenvalue weighted by atomic mass is 79.9. The predicted octanol–water partition coefficient (Wildman–Crippen LogP) is 3.97. The number of aromatic nitrogens is 1. The van der Waals surface area contributed by atoms with Crippen molar-refractivity contribution in [2.75, 3.05) is 4.72 Å². The van der Waals surface area contributed by atoms with Gasteiger partial charge in [0.2, 0.25) is 0 Å². The number of nitrogens with one attached hydrogen (secondary N) is 1. The van der Waals surface area contributed by atoms with Gasteiger partial charge in [-0.05, 0) is 51.6 Å². The predicted molar refractivity (Wildman–Crippen MR) is 84.8 cm³/mol. The highest BCUT2D eigenvalue weighted by molar-refractivity contribution is 9.10. The highest BCUT2D eigenvalue weighted by Crippen LogP contribution is 2.29. The summed E-state index contributed by atoms with van der Waals surface area (Å²) in [5.41, 5.74) is 1.31. The topological polar surface area (TPSA) is 72.2 Å². The van der Waals surface area contributed by atoms with Gasteiger partial charge in [-0.3, -0.25) is 4.72 Å². The molecule has 2 heterocycles. The first-order valence-corrected chi connectivity index (χ1v) is 8.96. The second-order valence-corrected chi connectivity index (χ2v) is 7.75. The van der Waals surface area contributed by atoms with Crippen LogP contribution in [0.2, 0.25) is 0 Å². The van der Waals surface area contributed by atoms with Crippen LogP contribution in [-0.2, 0) is 10.0 Å². The molecule has 2 aromatic heterocycles. The van der Waals surface area contributed by atoms with Crippen LogP contribution in [0.1, 0.15) is 0 Å². The summed E-state index contributed by atoms with van der Waals surface area (Å²) in [5.74, 6) is 0.630. The number of halogens is 1. The first-order valence-electron chi connectivity index (χ1n) is 5.81. The van der Waals surface area contributed by atoms with E-state index in [9.17, 15) is 8.42 Å². The first-order chi connectivity index (χ1) is 10.1. The molecule has 8 heteroatoms. The average molecular weight is 385 g/mol. The molecule has 0 atom stereocenters. The van der Waals surface area contributed by atoms with Gasteiger partial charge in [0.25, 0.3) is 10.0 Å². The summed E-state index contributed by atoms with van der Waals surface area (Å²) in [6, 6.07) is 8.59. The summed E-state index contributed by atoms with van der Waals surface area (Å²) in [7, 11) is -3.58. The van der Waals surface area contributed by atoms with Crippen LogP contribution in [0.4, 0.5) is 5.69 Å². The van der Waals surface area contributed by atoms with Gasteiger partial charge in [-0.15, -0.1) is 11.3 Å².